The van der Waals surface area contributed by atoms with E-state index in [2.05, 4.69) is 17.2 Å². The molecule has 0 saturated heterocycles. The monoisotopic (exact) mass is 428 g/mol. The number of hydrogen-bond acceptors (Lipinski definition) is 5. The first kappa shape index (κ1) is 20.9. The van der Waals surface area contributed by atoms with E-state index in [-0.39, 0.29) is 5.78 Å². The average molecular weight is 429 g/mol. The highest BCUT2D eigenvalue weighted by Crippen LogP contribution is 2.23. The van der Waals surface area contributed by atoms with E-state index in [0.29, 0.717) is 11.6 Å². The number of nitrogens with one attached hydrogen (secondary N) is 1. The number of amidine groups is 1. The van der Waals surface area contributed by atoms with E-state index in [1.165, 1.54) is 0 Å². The number of rotatable bonds is 7. The second kappa shape index (κ2) is 10.1. The van der Waals surface area contributed by atoms with Crippen LogP contribution in [-0.4, -0.2) is 22.7 Å². The van der Waals surface area contributed by atoms with Crippen molar-refractivity contribution in [3.8, 4) is 11.5 Å². The number of benzene rings is 3. The van der Waals surface area contributed by atoms with Crippen molar-refractivity contribution in [1.29, 1.82) is 0 Å². The Morgan fingerprint density at radius 1 is 1.03 bits per heavy atom. The number of ether oxygens (including phenoxy) is 1. The predicted octanol–water partition coefficient (Wildman–Crippen LogP) is 6.67. The number of allylic oxidation sites excluding steroid dienone is 1. The molecule has 4 nitrogen and oxygen atoms in total. The summed E-state index contributed by atoms with van der Waals surface area (Å²) in [6.45, 7) is 2.15. The summed E-state index contributed by atoms with van der Waals surface area (Å²) in [4.78, 5) is 17.1. The van der Waals surface area contributed by atoms with Gasteiger partial charge in [0.2, 0.25) is 0 Å². The lowest BCUT2D eigenvalue weighted by Crippen LogP contribution is -2.05. The van der Waals surface area contributed by atoms with E-state index in [1.54, 1.807) is 17.8 Å². The molecule has 0 spiro atoms. The van der Waals surface area contributed by atoms with Crippen molar-refractivity contribution in [1.82, 2.24) is 0 Å². The van der Waals surface area contributed by atoms with Gasteiger partial charge < -0.3 is 10.1 Å². The molecule has 0 aliphatic carbocycles. The van der Waals surface area contributed by atoms with Crippen molar-refractivity contribution < 1.29 is 9.53 Å². The van der Waals surface area contributed by atoms with E-state index in [0.717, 1.165) is 40.1 Å². The Morgan fingerprint density at radius 3 is 2.42 bits per heavy atom. The number of carbonyl (C=O) groups is 1. The molecule has 1 aliphatic rings. The van der Waals surface area contributed by atoms with Crippen molar-refractivity contribution in [2.75, 3.05) is 11.1 Å². The first-order valence-electron chi connectivity index (χ1n) is 10.3. The minimum Gasteiger partial charge on any atom is -0.457 e. The molecule has 3 aromatic carbocycles. The van der Waals surface area contributed by atoms with Crippen LogP contribution >= 0.6 is 11.8 Å². The average Bonchev–Trinajstić information content (AvgIpc) is 3.27. The number of hydrogen-bond donors (Lipinski definition) is 1. The highest BCUT2D eigenvalue weighted by atomic mass is 32.2. The van der Waals surface area contributed by atoms with E-state index < -0.39 is 0 Å². The van der Waals surface area contributed by atoms with Crippen molar-refractivity contribution in [2.24, 2.45) is 4.99 Å². The predicted molar refractivity (Wildman–Crippen MR) is 130 cm³/mol. The van der Waals surface area contributed by atoms with Crippen molar-refractivity contribution >= 4 is 34.5 Å². The molecule has 1 N–H and O–H groups in total. The number of carbonyl (C=O) groups excluding carboxylic acids is 1. The molecule has 3 aromatic rings. The highest BCUT2D eigenvalue weighted by molar-refractivity contribution is 8.14. The zero-order chi connectivity index (χ0) is 21.5. The second-order valence-electron chi connectivity index (χ2n) is 7.19. The Labute approximate surface area is 187 Å². The van der Waals surface area contributed by atoms with Crippen LogP contribution in [0.25, 0.3) is 6.08 Å². The summed E-state index contributed by atoms with van der Waals surface area (Å²) in [5, 5.41) is 4.27. The Balaban J connectivity index is 1.33. The Bertz CT molecular complexity index is 1070. The molecular formula is C26H24N2O2S. The van der Waals surface area contributed by atoms with Gasteiger partial charge in [-0.25, -0.2) is 0 Å². The van der Waals surface area contributed by atoms with Gasteiger partial charge in [0.05, 0.1) is 6.04 Å². The summed E-state index contributed by atoms with van der Waals surface area (Å²) < 4.78 is 5.79. The van der Waals surface area contributed by atoms with Gasteiger partial charge in [-0.15, -0.1) is 0 Å². The maximum atomic E-state index is 12.5. The summed E-state index contributed by atoms with van der Waals surface area (Å²) in [5.74, 6) is 2.55. The van der Waals surface area contributed by atoms with Crippen LogP contribution in [0.2, 0.25) is 0 Å². The lowest BCUT2D eigenvalue weighted by atomic mass is 10.1. The van der Waals surface area contributed by atoms with Crippen molar-refractivity contribution in [3.05, 3.63) is 96.1 Å². The standard InChI is InChI=1S/C26H24N2O2S/c1-2-21-18-31-26(27-21)28-22-13-11-20(12-14-22)25(29)17-10-19-8-15-24(16-9-19)30-23-6-4-3-5-7-23/h3-17,21H,2,18H2,1H3,(H,27,28). The summed E-state index contributed by atoms with van der Waals surface area (Å²) in [5.41, 5.74) is 2.53. The molecule has 0 aromatic heterocycles. The van der Waals surface area contributed by atoms with Crippen LogP contribution in [0, 0.1) is 0 Å². The number of aliphatic imine (C=N–C) groups is 1. The van der Waals surface area contributed by atoms with Crippen LogP contribution in [-0.2, 0) is 0 Å². The van der Waals surface area contributed by atoms with Gasteiger partial charge in [0.15, 0.2) is 11.0 Å². The summed E-state index contributed by atoms with van der Waals surface area (Å²) in [6, 6.07) is 25.2. The zero-order valence-corrected chi connectivity index (χ0v) is 18.1. The number of nitrogens with zero attached hydrogens (tertiary/aromatic N) is 1. The van der Waals surface area contributed by atoms with Gasteiger partial charge in [-0.1, -0.05) is 55.1 Å². The Kier molecular flexibility index (Phi) is 6.85. The van der Waals surface area contributed by atoms with E-state index >= 15 is 0 Å². The lowest BCUT2D eigenvalue weighted by molar-refractivity contribution is 0.104. The minimum absolute atomic E-state index is 0.0326. The van der Waals surface area contributed by atoms with Crippen LogP contribution in [0.1, 0.15) is 29.3 Å². The topological polar surface area (TPSA) is 50.7 Å². The fraction of sp³-hybridized carbons (Fsp3) is 0.154. The number of para-hydroxylation sites is 1. The highest BCUT2D eigenvalue weighted by Gasteiger charge is 2.16. The molecule has 156 valence electrons. The quantitative estimate of drug-likeness (QED) is 0.337. The molecular weight excluding hydrogens is 404 g/mol. The van der Waals surface area contributed by atoms with Crippen LogP contribution in [0.15, 0.2) is 89.9 Å². The number of anilines is 1. The summed E-state index contributed by atoms with van der Waals surface area (Å²) in [6.07, 6.45) is 4.47. The molecule has 4 rings (SSSR count). The number of thioether (sulfide) groups is 1. The number of ketones is 1. The van der Waals surface area contributed by atoms with Gasteiger partial charge in [0.1, 0.15) is 11.5 Å². The third-order valence-corrected chi connectivity index (χ3v) is 5.92. The molecule has 0 amide bonds. The van der Waals surface area contributed by atoms with E-state index in [9.17, 15) is 4.79 Å². The largest absolute Gasteiger partial charge is 0.457 e. The van der Waals surface area contributed by atoms with Crippen LogP contribution < -0.4 is 10.1 Å². The Morgan fingerprint density at radius 2 is 1.74 bits per heavy atom. The van der Waals surface area contributed by atoms with Gasteiger partial charge >= 0.3 is 0 Å². The normalized spacial score (nSPS) is 15.6. The molecule has 1 unspecified atom stereocenters. The Hall–Kier alpha value is -3.31. The summed E-state index contributed by atoms with van der Waals surface area (Å²) >= 11 is 1.74. The molecule has 1 heterocycles. The van der Waals surface area contributed by atoms with Gasteiger partial charge in [0.25, 0.3) is 0 Å². The third-order valence-electron chi connectivity index (χ3n) is 4.89. The van der Waals surface area contributed by atoms with Gasteiger partial charge in [-0.2, -0.15) is 0 Å². The fourth-order valence-electron chi connectivity index (χ4n) is 3.07. The molecule has 1 atom stereocenters. The van der Waals surface area contributed by atoms with E-state index in [1.807, 2.05) is 84.9 Å². The zero-order valence-electron chi connectivity index (χ0n) is 17.3. The molecule has 0 fully saturated rings. The van der Waals surface area contributed by atoms with Gasteiger partial charge in [0, 0.05) is 17.0 Å². The molecule has 1 aliphatic heterocycles. The van der Waals surface area contributed by atoms with Crippen LogP contribution in [0.4, 0.5) is 5.69 Å². The first-order valence-corrected chi connectivity index (χ1v) is 11.3. The van der Waals surface area contributed by atoms with Crippen LogP contribution in [0.3, 0.4) is 0 Å². The second-order valence-corrected chi connectivity index (χ2v) is 8.20. The fourth-order valence-corrected chi connectivity index (χ4v) is 4.15. The van der Waals surface area contributed by atoms with Crippen LogP contribution in [0.5, 0.6) is 11.5 Å². The maximum Gasteiger partial charge on any atom is 0.185 e. The first-order chi connectivity index (χ1) is 15.2. The van der Waals surface area contributed by atoms with E-state index in [4.69, 9.17) is 4.74 Å². The molecule has 0 radical (unpaired) electrons. The maximum absolute atomic E-state index is 12.5. The molecule has 5 heteroatoms. The SMILES string of the molecule is CCC1CSC(Nc2ccc(C(=O)C=Cc3ccc(Oc4ccccc4)cc3)cc2)=N1. The minimum atomic E-state index is -0.0326. The van der Waals surface area contributed by atoms with Gasteiger partial charge in [-0.3, -0.25) is 9.79 Å². The smallest absolute Gasteiger partial charge is 0.185 e. The van der Waals surface area contributed by atoms with Crippen molar-refractivity contribution in [3.63, 3.8) is 0 Å². The lowest BCUT2D eigenvalue weighted by Gasteiger charge is -2.06. The third kappa shape index (κ3) is 5.86. The molecule has 0 bridgehead atoms. The molecule has 31 heavy (non-hydrogen) atoms. The summed E-state index contributed by atoms with van der Waals surface area (Å²) in [7, 11) is 0. The molecule has 0 saturated carbocycles. The van der Waals surface area contributed by atoms with Gasteiger partial charge in [-0.05, 0) is 66.6 Å². The van der Waals surface area contributed by atoms with Crippen molar-refractivity contribution in [2.45, 2.75) is 19.4 Å².